The monoisotopic (exact) mass is 261 g/mol. The van der Waals surface area contributed by atoms with Gasteiger partial charge in [0.25, 0.3) is 0 Å². The third kappa shape index (κ3) is 3.21. The van der Waals surface area contributed by atoms with Crippen molar-refractivity contribution in [1.29, 1.82) is 0 Å². The summed E-state index contributed by atoms with van der Waals surface area (Å²) < 4.78 is 7.01. The van der Waals surface area contributed by atoms with Gasteiger partial charge in [0, 0.05) is 24.5 Å². The first-order valence-electron chi connectivity index (χ1n) is 6.24. The third-order valence-electron chi connectivity index (χ3n) is 3.07. The van der Waals surface area contributed by atoms with Gasteiger partial charge in [-0.05, 0) is 26.3 Å². The summed E-state index contributed by atoms with van der Waals surface area (Å²) in [5, 5.41) is 7.58. The van der Waals surface area contributed by atoms with Gasteiger partial charge in [-0.1, -0.05) is 0 Å². The van der Waals surface area contributed by atoms with Crippen LogP contribution < -0.4 is 10.1 Å². The first-order chi connectivity index (χ1) is 9.10. The Kier molecular flexibility index (Phi) is 3.99. The fourth-order valence-electron chi connectivity index (χ4n) is 1.73. The molecular weight excluding hydrogens is 242 g/mol. The Morgan fingerprint density at radius 3 is 2.79 bits per heavy atom. The first kappa shape index (κ1) is 13.3. The lowest BCUT2D eigenvalue weighted by molar-refractivity contribution is 0.396. The van der Waals surface area contributed by atoms with E-state index >= 15 is 0 Å². The summed E-state index contributed by atoms with van der Waals surface area (Å²) in [5.41, 5.74) is 1.15. The predicted molar refractivity (Wildman–Crippen MR) is 73.3 cm³/mol. The zero-order chi connectivity index (χ0) is 13.8. The molecule has 0 aliphatic rings. The van der Waals surface area contributed by atoms with Gasteiger partial charge in [0.2, 0.25) is 11.8 Å². The van der Waals surface area contributed by atoms with Gasteiger partial charge < -0.3 is 10.1 Å². The Morgan fingerprint density at radius 1 is 1.37 bits per heavy atom. The lowest BCUT2D eigenvalue weighted by Crippen LogP contribution is -2.27. The summed E-state index contributed by atoms with van der Waals surface area (Å²) in [7, 11) is 1.59. The fraction of sp³-hybridized carbons (Fsp3) is 0.462. The van der Waals surface area contributed by atoms with Crippen molar-refractivity contribution in [3.8, 4) is 5.88 Å². The largest absolute Gasteiger partial charge is 0.481 e. The molecule has 2 rings (SSSR count). The summed E-state index contributed by atoms with van der Waals surface area (Å²) in [5.74, 6) is 1.11. The Morgan fingerprint density at radius 2 is 2.16 bits per heavy atom. The highest BCUT2D eigenvalue weighted by atomic mass is 16.5. The SMILES string of the molecule is COc1ccnc(N[C@H](C)[C@H](C)n2cc(C)cn2)n1. The van der Waals surface area contributed by atoms with Crippen LogP contribution in [0.4, 0.5) is 5.95 Å². The molecule has 1 N–H and O–H groups in total. The standard InChI is InChI=1S/C13H19N5O/c1-9-7-15-18(8-9)11(3)10(2)16-13-14-6-5-12(17-13)19-4/h5-8,10-11H,1-4H3,(H,14,16,17)/t10-,11+/m1/s1. The van der Waals surface area contributed by atoms with Crippen LogP contribution >= 0.6 is 0 Å². The molecule has 0 fully saturated rings. The molecule has 0 aromatic carbocycles. The highest BCUT2D eigenvalue weighted by molar-refractivity contribution is 5.29. The number of aryl methyl sites for hydroxylation is 1. The molecule has 0 spiro atoms. The van der Waals surface area contributed by atoms with Crippen molar-refractivity contribution in [2.24, 2.45) is 0 Å². The number of aromatic nitrogens is 4. The topological polar surface area (TPSA) is 64.9 Å². The highest BCUT2D eigenvalue weighted by Gasteiger charge is 2.15. The smallest absolute Gasteiger partial charge is 0.226 e. The summed E-state index contributed by atoms with van der Waals surface area (Å²) in [6, 6.07) is 2.06. The lowest BCUT2D eigenvalue weighted by Gasteiger charge is -2.21. The summed E-state index contributed by atoms with van der Waals surface area (Å²) in [6.45, 7) is 6.20. The Balaban J connectivity index is 2.05. The van der Waals surface area contributed by atoms with Crippen LogP contribution in [0.3, 0.4) is 0 Å². The summed E-state index contributed by atoms with van der Waals surface area (Å²) in [6.07, 6.45) is 5.55. The van der Waals surface area contributed by atoms with Crippen molar-refractivity contribution in [2.45, 2.75) is 32.9 Å². The molecule has 0 aliphatic carbocycles. The van der Waals surface area contributed by atoms with Crippen LogP contribution in [0.25, 0.3) is 0 Å². The number of hydrogen-bond donors (Lipinski definition) is 1. The van der Waals surface area contributed by atoms with Gasteiger partial charge in [-0.2, -0.15) is 10.1 Å². The average molecular weight is 261 g/mol. The second-order valence-electron chi connectivity index (χ2n) is 4.59. The van der Waals surface area contributed by atoms with E-state index in [2.05, 4.69) is 34.2 Å². The number of rotatable bonds is 5. The Bertz CT molecular complexity index is 539. The van der Waals surface area contributed by atoms with Crippen molar-refractivity contribution >= 4 is 5.95 Å². The molecule has 0 amide bonds. The molecular formula is C13H19N5O. The lowest BCUT2D eigenvalue weighted by atomic mass is 10.2. The molecule has 0 saturated carbocycles. The number of nitrogens with one attached hydrogen (secondary N) is 1. The molecule has 0 aliphatic heterocycles. The number of nitrogens with zero attached hydrogens (tertiary/aromatic N) is 4. The predicted octanol–water partition coefficient (Wildman–Crippen LogP) is 2.05. The Labute approximate surface area is 112 Å². The van der Waals surface area contributed by atoms with Crippen LogP contribution in [0, 0.1) is 6.92 Å². The molecule has 0 unspecified atom stereocenters. The highest BCUT2D eigenvalue weighted by Crippen LogP contribution is 2.15. The minimum absolute atomic E-state index is 0.145. The van der Waals surface area contributed by atoms with Gasteiger partial charge in [0.05, 0.1) is 19.3 Å². The molecule has 102 valence electrons. The normalized spacial score (nSPS) is 13.9. The van der Waals surface area contributed by atoms with Crippen molar-refractivity contribution in [3.05, 3.63) is 30.2 Å². The van der Waals surface area contributed by atoms with Gasteiger partial charge in [-0.15, -0.1) is 0 Å². The van der Waals surface area contributed by atoms with E-state index < -0.39 is 0 Å². The minimum atomic E-state index is 0.145. The molecule has 0 radical (unpaired) electrons. The Hall–Kier alpha value is -2.11. The van der Waals surface area contributed by atoms with E-state index in [-0.39, 0.29) is 12.1 Å². The molecule has 19 heavy (non-hydrogen) atoms. The second kappa shape index (κ2) is 5.69. The average Bonchev–Trinajstić information content (AvgIpc) is 2.84. The maximum atomic E-state index is 5.08. The van der Waals surface area contributed by atoms with Crippen molar-refractivity contribution in [3.63, 3.8) is 0 Å². The van der Waals surface area contributed by atoms with E-state index in [0.29, 0.717) is 11.8 Å². The van der Waals surface area contributed by atoms with Crippen LogP contribution in [0.5, 0.6) is 5.88 Å². The van der Waals surface area contributed by atoms with Crippen molar-refractivity contribution in [2.75, 3.05) is 12.4 Å². The summed E-state index contributed by atoms with van der Waals surface area (Å²) >= 11 is 0. The van der Waals surface area contributed by atoms with Crippen LogP contribution in [0.15, 0.2) is 24.7 Å². The van der Waals surface area contributed by atoms with Crippen molar-refractivity contribution in [1.82, 2.24) is 19.7 Å². The molecule has 2 aromatic rings. The summed E-state index contributed by atoms with van der Waals surface area (Å²) in [4.78, 5) is 8.42. The molecule has 2 atom stereocenters. The van der Waals surface area contributed by atoms with Crippen molar-refractivity contribution < 1.29 is 4.74 Å². The minimum Gasteiger partial charge on any atom is -0.481 e. The van der Waals surface area contributed by atoms with E-state index in [9.17, 15) is 0 Å². The van der Waals surface area contributed by atoms with E-state index in [4.69, 9.17) is 4.74 Å². The second-order valence-corrected chi connectivity index (χ2v) is 4.59. The van der Waals surface area contributed by atoms with Crippen LogP contribution in [-0.2, 0) is 0 Å². The van der Waals surface area contributed by atoms with Gasteiger partial charge in [0.1, 0.15) is 0 Å². The fourth-order valence-corrected chi connectivity index (χ4v) is 1.73. The van der Waals surface area contributed by atoms with E-state index in [1.165, 1.54) is 0 Å². The van der Waals surface area contributed by atoms with E-state index in [1.807, 2.05) is 24.0 Å². The molecule has 2 heterocycles. The molecule has 6 nitrogen and oxygen atoms in total. The number of hydrogen-bond acceptors (Lipinski definition) is 5. The number of ether oxygens (including phenoxy) is 1. The van der Waals surface area contributed by atoms with Gasteiger partial charge in [-0.3, -0.25) is 4.68 Å². The van der Waals surface area contributed by atoms with Gasteiger partial charge in [0.15, 0.2) is 0 Å². The van der Waals surface area contributed by atoms with Gasteiger partial charge >= 0.3 is 0 Å². The third-order valence-corrected chi connectivity index (χ3v) is 3.07. The molecule has 0 bridgehead atoms. The number of methoxy groups -OCH3 is 1. The van der Waals surface area contributed by atoms with E-state index in [0.717, 1.165) is 5.56 Å². The van der Waals surface area contributed by atoms with Crippen LogP contribution in [0.1, 0.15) is 25.5 Å². The maximum Gasteiger partial charge on any atom is 0.226 e. The molecule has 6 heteroatoms. The molecule has 2 aromatic heterocycles. The van der Waals surface area contributed by atoms with E-state index in [1.54, 1.807) is 19.4 Å². The van der Waals surface area contributed by atoms with Crippen LogP contribution in [0.2, 0.25) is 0 Å². The number of anilines is 1. The quantitative estimate of drug-likeness (QED) is 0.892. The molecule has 0 saturated heterocycles. The maximum absolute atomic E-state index is 5.08. The zero-order valence-corrected chi connectivity index (χ0v) is 11.7. The van der Waals surface area contributed by atoms with Crippen LogP contribution in [-0.4, -0.2) is 32.9 Å². The zero-order valence-electron chi connectivity index (χ0n) is 11.7. The first-order valence-corrected chi connectivity index (χ1v) is 6.24. The van der Waals surface area contributed by atoms with Gasteiger partial charge in [-0.25, -0.2) is 4.98 Å².